The minimum Gasteiger partial charge on any atom is -0.408 e. The second-order valence-corrected chi connectivity index (χ2v) is 5.17. The molecule has 0 saturated heterocycles. The lowest BCUT2D eigenvalue weighted by Crippen LogP contribution is -2.43. The van der Waals surface area contributed by atoms with Crippen LogP contribution in [0.15, 0.2) is 21.3 Å². The number of oxazole rings is 1. The van der Waals surface area contributed by atoms with Gasteiger partial charge < -0.3 is 4.42 Å². The van der Waals surface area contributed by atoms with E-state index in [2.05, 4.69) is 4.98 Å². The van der Waals surface area contributed by atoms with Gasteiger partial charge in [0.15, 0.2) is 5.58 Å². The summed E-state index contributed by atoms with van der Waals surface area (Å²) in [6.07, 6.45) is -3.78. The zero-order chi connectivity index (χ0) is 14.5. The first-order chi connectivity index (χ1) is 9.33. The van der Waals surface area contributed by atoms with Crippen LogP contribution in [0.25, 0.3) is 11.1 Å². The Kier molecular flexibility index (Phi) is 2.89. The molecular weight excluding hydrogens is 273 g/mol. The highest BCUT2D eigenvalue weighted by molar-refractivity contribution is 5.77. The van der Waals surface area contributed by atoms with Gasteiger partial charge in [-0.25, -0.2) is 4.79 Å². The van der Waals surface area contributed by atoms with Crippen molar-refractivity contribution in [3.05, 3.63) is 33.8 Å². The number of rotatable bonds is 1. The second kappa shape index (κ2) is 4.37. The molecule has 1 aliphatic heterocycles. The molecule has 4 nitrogen and oxygen atoms in total. The summed E-state index contributed by atoms with van der Waals surface area (Å²) in [5.74, 6) is -0.543. The molecular formula is C13H13F3N2O2. The molecule has 0 fully saturated rings. The third-order valence-electron chi connectivity index (χ3n) is 3.67. The van der Waals surface area contributed by atoms with Gasteiger partial charge in [0.05, 0.1) is 12.1 Å². The van der Waals surface area contributed by atoms with Gasteiger partial charge in [0, 0.05) is 18.2 Å². The van der Waals surface area contributed by atoms with Gasteiger partial charge in [-0.1, -0.05) is 6.07 Å². The molecule has 7 heteroatoms. The highest BCUT2D eigenvalue weighted by Gasteiger charge is 2.35. The normalized spacial score (nSPS) is 20.3. The lowest BCUT2D eigenvalue weighted by Gasteiger charge is -2.35. The summed E-state index contributed by atoms with van der Waals surface area (Å²) in [6.45, 7) is 1.03. The van der Waals surface area contributed by atoms with Gasteiger partial charge in [0.25, 0.3) is 0 Å². The van der Waals surface area contributed by atoms with E-state index in [1.807, 2.05) is 0 Å². The summed E-state index contributed by atoms with van der Waals surface area (Å²) in [5, 5.41) is 0. The molecule has 2 aromatic rings. The molecule has 0 bridgehead atoms. The second-order valence-electron chi connectivity index (χ2n) is 5.17. The maximum atomic E-state index is 12.5. The minimum atomic E-state index is -4.21. The molecule has 2 heterocycles. The van der Waals surface area contributed by atoms with Gasteiger partial charge in [-0.05, 0) is 25.0 Å². The van der Waals surface area contributed by atoms with Gasteiger partial charge in [-0.3, -0.25) is 9.88 Å². The van der Waals surface area contributed by atoms with E-state index in [0.29, 0.717) is 17.5 Å². The summed E-state index contributed by atoms with van der Waals surface area (Å²) < 4.78 is 42.7. The van der Waals surface area contributed by atoms with E-state index in [1.54, 1.807) is 19.1 Å². The van der Waals surface area contributed by atoms with Gasteiger partial charge in [0.2, 0.25) is 0 Å². The summed E-state index contributed by atoms with van der Waals surface area (Å²) >= 11 is 0. The molecule has 0 saturated carbocycles. The van der Waals surface area contributed by atoms with Crippen LogP contribution in [0.5, 0.6) is 0 Å². The van der Waals surface area contributed by atoms with Crippen LogP contribution in [0, 0.1) is 0 Å². The van der Waals surface area contributed by atoms with Gasteiger partial charge >= 0.3 is 11.9 Å². The van der Waals surface area contributed by atoms with Crippen molar-refractivity contribution < 1.29 is 17.6 Å². The standard InChI is InChI=1S/C13H13F3N2O2/c1-7-4-9-8(5-18(7)6-13(14,15)16)2-3-10-11(9)20-12(19)17-10/h2-3,7H,4-6H2,1H3,(H,17,19). The average Bonchev–Trinajstić information content (AvgIpc) is 2.69. The highest BCUT2D eigenvalue weighted by atomic mass is 19.4. The van der Waals surface area contributed by atoms with Crippen LogP contribution >= 0.6 is 0 Å². The Balaban J connectivity index is 1.99. The summed E-state index contributed by atoms with van der Waals surface area (Å²) in [4.78, 5) is 15.2. The van der Waals surface area contributed by atoms with Crippen molar-refractivity contribution >= 4 is 11.1 Å². The predicted molar refractivity (Wildman–Crippen MR) is 66.5 cm³/mol. The van der Waals surface area contributed by atoms with E-state index >= 15 is 0 Å². The molecule has 1 aromatic carbocycles. The quantitative estimate of drug-likeness (QED) is 0.876. The number of fused-ring (bicyclic) bond motifs is 3. The number of benzene rings is 1. The molecule has 0 aliphatic carbocycles. The van der Waals surface area contributed by atoms with Crippen LogP contribution in [0.2, 0.25) is 0 Å². The monoisotopic (exact) mass is 286 g/mol. The number of hydrogen-bond acceptors (Lipinski definition) is 3. The summed E-state index contributed by atoms with van der Waals surface area (Å²) in [5.41, 5.74) is 2.66. The van der Waals surface area contributed by atoms with Crippen LogP contribution in [0.1, 0.15) is 18.1 Å². The van der Waals surface area contributed by atoms with E-state index < -0.39 is 18.5 Å². The molecule has 1 atom stereocenters. The third kappa shape index (κ3) is 2.33. The first kappa shape index (κ1) is 13.2. The maximum absolute atomic E-state index is 12.5. The Morgan fingerprint density at radius 1 is 1.45 bits per heavy atom. The number of nitrogens with zero attached hydrogens (tertiary/aromatic N) is 1. The Bertz CT molecular complexity index is 702. The van der Waals surface area contributed by atoms with Crippen LogP contribution in [-0.4, -0.2) is 28.6 Å². The lowest BCUT2D eigenvalue weighted by atomic mass is 9.94. The van der Waals surface area contributed by atoms with Crippen molar-refractivity contribution in [2.45, 2.75) is 32.1 Å². The van der Waals surface area contributed by atoms with Crippen molar-refractivity contribution in [2.75, 3.05) is 6.54 Å². The SMILES string of the molecule is CC1Cc2c(ccc3[nH]c(=O)oc23)CN1CC(F)(F)F. The van der Waals surface area contributed by atoms with Gasteiger partial charge in [-0.2, -0.15) is 13.2 Å². The molecule has 0 amide bonds. The van der Waals surface area contributed by atoms with E-state index in [4.69, 9.17) is 4.42 Å². The smallest absolute Gasteiger partial charge is 0.408 e. The number of aromatic amines is 1. The zero-order valence-electron chi connectivity index (χ0n) is 10.8. The molecule has 20 heavy (non-hydrogen) atoms. The number of H-pyrrole nitrogens is 1. The topological polar surface area (TPSA) is 49.2 Å². The zero-order valence-corrected chi connectivity index (χ0v) is 10.8. The summed E-state index contributed by atoms with van der Waals surface area (Å²) in [6, 6.07) is 3.16. The molecule has 1 N–H and O–H groups in total. The van der Waals surface area contributed by atoms with Crippen molar-refractivity contribution in [1.82, 2.24) is 9.88 Å². The molecule has 0 spiro atoms. The Hall–Kier alpha value is -1.76. The predicted octanol–water partition coefficient (Wildman–Crippen LogP) is 2.43. The van der Waals surface area contributed by atoms with E-state index in [-0.39, 0.29) is 12.6 Å². The average molecular weight is 286 g/mol. The number of aromatic nitrogens is 1. The number of hydrogen-bond donors (Lipinski definition) is 1. The molecule has 1 unspecified atom stereocenters. The largest absolute Gasteiger partial charge is 0.417 e. The third-order valence-corrected chi connectivity index (χ3v) is 3.67. The van der Waals surface area contributed by atoms with Crippen LogP contribution in [0.4, 0.5) is 13.2 Å². The van der Waals surface area contributed by atoms with E-state index in [9.17, 15) is 18.0 Å². The maximum Gasteiger partial charge on any atom is 0.417 e. The van der Waals surface area contributed by atoms with E-state index in [0.717, 1.165) is 11.1 Å². The molecule has 1 aromatic heterocycles. The molecule has 0 radical (unpaired) electrons. The Labute approximate surface area is 112 Å². The number of nitrogens with one attached hydrogen (secondary N) is 1. The molecule has 3 rings (SSSR count). The van der Waals surface area contributed by atoms with Gasteiger partial charge in [0.1, 0.15) is 0 Å². The highest BCUT2D eigenvalue weighted by Crippen LogP contribution is 2.30. The molecule has 108 valence electrons. The van der Waals surface area contributed by atoms with E-state index in [1.165, 1.54) is 4.90 Å². The molecule has 1 aliphatic rings. The van der Waals surface area contributed by atoms with Crippen molar-refractivity contribution in [2.24, 2.45) is 0 Å². The fourth-order valence-electron chi connectivity index (χ4n) is 2.72. The van der Waals surface area contributed by atoms with Gasteiger partial charge in [-0.15, -0.1) is 0 Å². The lowest BCUT2D eigenvalue weighted by molar-refractivity contribution is -0.152. The number of halogens is 3. The fourth-order valence-corrected chi connectivity index (χ4v) is 2.72. The van der Waals surface area contributed by atoms with Crippen molar-refractivity contribution in [3.8, 4) is 0 Å². The fraction of sp³-hybridized carbons (Fsp3) is 0.462. The number of alkyl halides is 3. The van der Waals surface area contributed by atoms with Crippen LogP contribution < -0.4 is 5.76 Å². The minimum absolute atomic E-state index is 0.209. The Morgan fingerprint density at radius 3 is 2.90 bits per heavy atom. The van der Waals surface area contributed by atoms with Crippen molar-refractivity contribution in [1.29, 1.82) is 0 Å². The Morgan fingerprint density at radius 2 is 2.20 bits per heavy atom. The summed E-state index contributed by atoms with van der Waals surface area (Å²) in [7, 11) is 0. The van der Waals surface area contributed by atoms with Crippen LogP contribution in [-0.2, 0) is 13.0 Å². The first-order valence-corrected chi connectivity index (χ1v) is 6.28. The first-order valence-electron chi connectivity index (χ1n) is 6.28. The van der Waals surface area contributed by atoms with Crippen molar-refractivity contribution in [3.63, 3.8) is 0 Å². The van der Waals surface area contributed by atoms with Crippen LogP contribution in [0.3, 0.4) is 0 Å².